The first-order valence-electron chi connectivity index (χ1n) is 13.9. The summed E-state index contributed by atoms with van der Waals surface area (Å²) in [6.45, 7) is 14.6. The van der Waals surface area contributed by atoms with Crippen LogP contribution < -0.4 is 0 Å². The molecule has 0 bridgehead atoms. The van der Waals surface area contributed by atoms with Crippen LogP contribution in [-0.4, -0.2) is 38.8 Å². The molecule has 0 heterocycles. The molecule has 4 aliphatic rings. The Morgan fingerprint density at radius 3 is 2.23 bits per heavy atom. The van der Waals surface area contributed by atoms with E-state index < -0.39 is 17.5 Å². The summed E-state index contributed by atoms with van der Waals surface area (Å²) in [6, 6.07) is 0. The van der Waals surface area contributed by atoms with Gasteiger partial charge in [0.25, 0.3) is 0 Å². The van der Waals surface area contributed by atoms with Crippen LogP contribution in [0.15, 0.2) is 11.1 Å². The molecule has 0 amide bonds. The summed E-state index contributed by atoms with van der Waals surface area (Å²) in [5, 5.41) is 31.1. The molecule has 4 rings (SSSR count). The van der Waals surface area contributed by atoms with E-state index in [9.17, 15) is 24.9 Å². The summed E-state index contributed by atoms with van der Waals surface area (Å²) in [7, 11) is 0. The van der Waals surface area contributed by atoms with E-state index in [0.29, 0.717) is 12.3 Å². The molecule has 5 heteroatoms. The molecule has 7 atom stereocenters. The van der Waals surface area contributed by atoms with Gasteiger partial charge in [0, 0.05) is 6.42 Å². The van der Waals surface area contributed by atoms with Gasteiger partial charge in [-0.05, 0) is 105 Å². The molecule has 3 N–H and O–H groups in total. The Balaban J connectivity index is 1.66. The monoisotopic (exact) mass is 488 g/mol. The second kappa shape index (κ2) is 8.41. The fraction of sp³-hybridized carbons (Fsp3) is 0.867. The van der Waals surface area contributed by atoms with E-state index in [0.717, 1.165) is 51.4 Å². The van der Waals surface area contributed by atoms with Crippen molar-refractivity contribution in [2.45, 2.75) is 124 Å². The molecule has 2 fully saturated rings. The number of rotatable bonds is 6. The molecule has 0 saturated heterocycles. The number of hydrogen-bond donors (Lipinski definition) is 3. The first-order valence-corrected chi connectivity index (χ1v) is 13.9. The maximum Gasteiger partial charge on any atom is 0.306 e. The predicted molar refractivity (Wildman–Crippen MR) is 137 cm³/mol. The number of ketones is 1. The van der Waals surface area contributed by atoms with E-state index >= 15 is 0 Å². The molecule has 198 valence electrons. The fourth-order valence-electron chi connectivity index (χ4n) is 9.45. The molecular weight excluding hydrogens is 440 g/mol. The molecule has 0 aliphatic heterocycles. The number of carbonyl (C=O) groups excluding carboxylic acids is 1. The van der Waals surface area contributed by atoms with E-state index in [2.05, 4.69) is 34.6 Å². The van der Waals surface area contributed by atoms with E-state index in [4.69, 9.17) is 0 Å². The Morgan fingerprint density at radius 1 is 0.971 bits per heavy atom. The number of hydrogen-bond acceptors (Lipinski definition) is 4. The van der Waals surface area contributed by atoms with Crippen LogP contribution >= 0.6 is 0 Å². The molecule has 4 aliphatic carbocycles. The molecule has 5 nitrogen and oxygen atoms in total. The maximum atomic E-state index is 12.5. The highest BCUT2D eigenvalue weighted by Crippen LogP contribution is 2.72. The van der Waals surface area contributed by atoms with Crippen molar-refractivity contribution in [3.8, 4) is 0 Å². The second-order valence-electron chi connectivity index (χ2n) is 14.2. The third kappa shape index (κ3) is 3.86. The molecule has 2 saturated carbocycles. The van der Waals surface area contributed by atoms with Crippen LogP contribution in [0.5, 0.6) is 0 Å². The molecule has 0 spiro atoms. The van der Waals surface area contributed by atoms with E-state index in [1.807, 2.05) is 0 Å². The highest BCUT2D eigenvalue weighted by molar-refractivity contribution is 5.86. The maximum absolute atomic E-state index is 12.5. The number of aliphatic carboxylic acids is 1. The normalized spacial score (nSPS) is 41.6. The number of aliphatic hydroxyl groups is 2. The van der Waals surface area contributed by atoms with Crippen LogP contribution in [0.25, 0.3) is 0 Å². The van der Waals surface area contributed by atoms with Gasteiger partial charge < -0.3 is 15.3 Å². The van der Waals surface area contributed by atoms with E-state index in [1.165, 1.54) is 13.8 Å². The highest BCUT2D eigenvalue weighted by atomic mass is 16.4. The third-order valence-electron chi connectivity index (χ3n) is 12.0. The average molecular weight is 489 g/mol. The average Bonchev–Trinajstić information content (AvgIpc) is 3.02. The summed E-state index contributed by atoms with van der Waals surface area (Å²) in [4.78, 5) is 24.9. The zero-order valence-electron chi connectivity index (χ0n) is 23.0. The summed E-state index contributed by atoms with van der Waals surface area (Å²) in [6.07, 6.45) is 8.08. The standard InChI is InChI=1S/C30H48O5/c1-26(2)22-10-9-21-20(28(22,5)15-14-23(26)31)13-17-29(6)19(12-16-30(21,29)7)18(25(33)34)8-11-24(32)27(3,4)35/h18-19,22-23,31,35H,8-17H2,1-7H3,(H,33,34)/t18-,19-,22?,23+,28-,29-,30+/m1/s1. The Hall–Kier alpha value is -1.20. The lowest BCUT2D eigenvalue weighted by Crippen LogP contribution is -2.55. The zero-order chi connectivity index (χ0) is 26.2. The Morgan fingerprint density at radius 2 is 1.63 bits per heavy atom. The number of fused-ring (bicyclic) bond motifs is 4. The van der Waals surface area contributed by atoms with Crippen molar-refractivity contribution in [2.24, 2.45) is 39.4 Å². The number of carboxylic acids is 1. The smallest absolute Gasteiger partial charge is 0.306 e. The van der Waals surface area contributed by atoms with Gasteiger partial charge in [-0.15, -0.1) is 0 Å². The van der Waals surface area contributed by atoms with Gasteiger partial charge in [-0.1, -0.05) is 45.8 Å². The van der Waals surface area contributed by atoms with Crippen molar-refractivity contribution < 1.29 is 24.9 Å². The molecular formula is C30H48O5. The van der Waals surface area contributed by atoms with Crippen molar-refractivity contribution in [2.75, 3.05) is 0 Å². The summed E-state index contributed by atoms with van der Waals surface area (Å²) in [5.41, 5.74) is 1.69. The van der Waals surface area contributed by atoms with Crippen LogP contribution in [-0.2, 0) is 9.59 Å². The van der Waals surface area contributed by atoms with Gasteiger partial charge in [-0.2, -0.15) is 0 Å². The van der Waals surface area contributed by atoms with Gasteiger partial charge in [0.05, 0.1) is 12.0 Å². The second-order valence-corrected chi connectivity index (χ2v) is 14.2. The van der Waals surface area contributed by atoms with Crippen molar-refractivity contribution in [3.63, 3.8) is 0 Å². The number of aliphatic hydroxyl groups excluding tert-OH is 1. The van der Waals surface area contributed by atoms with E-state index in [1.54, 1.807) is 11.1 Å². The predicted octanol–water partition coefficient (Wildman–Crippen LogP) is 5.92. The van der Waals surface area contributed by atoms with Crippen molar-refractivity contribution >= 4 is 11.8 Å². The minimum Gasteiger partial charge on any atom is -0.481 e. The van der Waals surface area contributed by atoms with Crippen LogP contribution in [0, 0.1) is 39.4 Å². The van der Waals surface area contributed by atoms with Crippen LogP contribution in [0.3, 0.4) is 0 Å². The topological polar surface area (TPSA) is 94.8 Å². The quantitative estimate of drug-likeness (QED) is 0.404. The highest BCUT2D eigenvalue weighted by Gasteiger charge is 2.64. The summed E-state index contributed by atoms with van der Waals surface area (Å²) >= 11 is 0. The van der Waals surface area contributed by atoms with Gasteiger partial charge >= 0.3 is 5.97 Å². The first-order chi connectivity index (χ1) is 16.0. The third-order valence-corrected chi connectivity index (χ3v) is 12.0. The number of carboxylic acid groups (broad SMARTS) is 1. The Labute approximate surface area is 211 Å². The van der Waals surface area contributed by atoms with Gasteiger partial charge in [0.1, 0.15) is 5.60 Å². The van der Waals surface area contributed by atoms with Crippen LogP contribution in [0.2, 0.25) is 0 Å². The molecule has 0 radical (unpaired) electrons. The van der Waals surface area contributed by atoms with Crippen molar-refractivity contribution in [3.05, 3.63) is 11.1 Å². The zero-order valence-corrected chi connectivity index (χ0v) is 23.0. The summed E-state index contributed by atoms with van der Waals surface area (Å²) in [5.74, 6) is -1.14. The SMILES string of the molecule is CC(C)(O)C(=O)CC[C@@H](C(=O)O)[C@H]1CC[C@@]2(C)C3=C(CC[C@]12C)[C@@]1(C)CC[C@H](O)C(C)(C)C1CC3. The Kier molecular flexibility index (Phi) is 6.45. The van der Waals surface area contributed by atoms with Crippen LogP contribution in [0.4, 0.5) is 0 Å². The number of allylic oxidation sites excluding steroid dienone is 2. The summed E-state index contributed by atoms with van der Waals surface area (Å²) < 4.78 is 0. The molecule has 0 aromatic rings. The lowest BCUT2D eigenvalue weighted by Gasteiger charge is -2.62. The largest absolute Gasteiger partial charge is 0.481 e. The van der Waals surface area contributed by atoms with Gasteiger partial charge in [0.15, 0.2) is 5.78 Å². The molecule has 0 aromatic carbocycles. The fourth-order valence-corrected chi connectivity index (χ4v) is 9.45. The van der Waals surface area contributed by atoms with Gasteiger partial charge in [-0.25, -0.2) is 0 Å². The lowest BCUT2D eigenvalue weighted by molar-refractivity contribution is -0.147. The van der Waals surface area contributed by atoms with Crippen molar-refractivity contribution in [1.82, 2.24) is 0 Å². The minimum absolute atomic E-state index is 0.0204. The van der Waals surface area contributed by atoms with Gasteiger partial charge in [0.2, 0.25) is 0 Å². The van der Waals surface area contributed by atoms with E-state index in [-0.39, 0.29) is 45.9 Å². The number of Topliss-reactive ketones (excluding diaryl/α,β-unsaturated/α-hetero) is 1. The van der Waals surface area contributed by atoms with Crippen molar-refractivity contribution in [1.29, 1.82) is 0 Å². The lowest BCUT2D eigenvalue weighted by atomic mass is 9.43. The number of carbonyl (C=O) groups is 2. The first kappa shape index (κ1) is 26.9. The Bertz CT molecular complexity index is 926. The minimum atomic E-state index is -1.42. The molecule has 35 heavy (non-hydrogen) atoms. The molecule has 1 unspecified atom stereocenters. The van der Waals surface area contributed by atoms with Gasteiger partial charge in [-0.3, -0.25) is 9.59 Å². The molecule has 0 aromatic heterocycles. The van der Waals surface area contributed by atoms with Crippen LogP contribution in [0.1, 0.15) is 113 Å².